The predicted octanol–water partition coefficient (Wildman–Crippen LogP) is 4.29. The first kappa shape index (κ1) is 18.7. The van der Waals surface area contributed by atoms with Gasteiger partial charge in [0.1, 0.15) is 18.3 Å². The molecule has 0 atom stereocenters. The van der Waals surface area contributed by atoms with Crippen LogP contribution in [0.1, 0.15) is 32.8 Å². The van der Waals surface area contributed by atoms with Crippen LogP contribution in [0.4, 0.5) is 0 Å². The normalized spacial score (nSPS) is 9.67. The first-order valence-corrected chi connectivity index (χ1v) is 6.78. The third-order valence-corrected chi connectivity index (χ3v) is 3.29. The van der Waals surface area contributed by atoms with Gasteiger partial charge in [-0.3, -0.25) is 0 Å². The minimum absolute atomic E-state index is 0.216. The molecule has 2 aromatic rings. The van der Waals surface area contributed by atoms with E-state index in [4.69, 9.17) is 15.0 Å². The Labute approximate surface area is 126 Å². The largest absolute Gasteiger partial charge is 0.508 e. The van der Waals surface area contributed by atoms with Crippen LogP contribution in [0, 0.1) is 0 Å². The number of para-hydroxylation sites is 1. The van der Waals surface area contributed by atoms with E-state index in [1.165, 1.54) is 5.56 Å². The highest BCUT2D eigenvalue weighted by Crippen LogP contribution is 2.27. The second-order valence-electron chi connectivity index (χ2n) is 5.12. The Morgan fingerprint density at radius 1 is 0.857 bits per heavy atom. The third-order valence-electron chi connectivity index (χ3n) is 3.29. The van der Waals surface area contributed by atoms with Crippen LogP contribution in [0.15, 0.2) is 54.6 Å². The van der Waals surface area contributed by atoms with Gasteiger partial charge < -0.3 is 15.0 Å². The maximum absolute atomic E-state index is 9.10. The molecular weight excluding hydrogens is 264 g/mol. The molecule has 0 spiro atoms. The molecule has 21 heavy (non-hydrogen) atoms. The third kappa shape index (κ3) is 7.16. The summed E-state index contributed by atoms with van der Waals surface area (Å²) in [6, 6.07) is 16.2. The van der Waals surface area contributed by atoms with Gasteiger partial charge in [0.15, 0.2) is 0 Å². The Morgan fingerprint density at radius 2 is 1.29 bits per heavy atom. The maximum Gasteiger partial charge on any atom is 0.115 e. The zero-order valence-corrected chi connectivity index (χ0v) is 12.9. The monoisotopic (exact) mass is 288 g/mol. The molecule has 0 heterocycles. The zero-order chi connectivity index (χ0) is 16.3. The van der Waals surface area contributed by atoms with Crippen molar-refractivity contribution in [2.24, 2.45) is 0 Å². The Hall–Kier alpha value is -2.29. The van der Waals surface area contributed by atoms with E-state index in [9.17, 15) is 0 Å². The molecule has 0 aliphatic heterocycles. The first-order chi connectivity index (χ1) is 9.95. The van der Waals surface area contributed by atoms with Gasteiger partial charge in [-0.15, -0.1) is 0 Å². The molecule has 0 radical (unpaired) electrons. The zero-order valence-electron chi connectivity index (χ0n) is 12.9. The molecule has 2 rings (SSSR count). The number of benzene rings is 2. The Bertz CT molecular complexity index is 490. The van der Waals surface area contributed by atoms with Crippen LogP contribution in [0.5, 0.6) is 11.5 Å². The van der Waals surface area contributed by atoms with Gasteiger partial charge in [-0.1, -0.05) is 51.1 Å². The van der Waals surface area contributed by atoms with Gasteiger partial charge in [-0.25, -0.2) is 0 Å². The summed E-state index contributed by atoms with van der Waals surface area (Å²) in [6.45, 7) is 8.59. The smallest absolute Gasteiger partial charge is 0.115 e. The minimum Gasteiger partial charge on any atom is -0.508 e. The van der Waals surface area contributed by atoms with E-state index in [1.54, 1.807) is 36.4 Å². The summed E-state index contributed by atoms with van der Waals surface area (Å²) in [4.78, 5) is 8.00. The maximum atomic E-state index is 9.10. The molecule has 0 bridgehead atoms. The Morgan fingerprint density at radius 3 is 1.62 bits per heavy atom. The SMILES string of the molecule is C=O.CCC(C)(C)c1ccc(O)cc1.Oc1ccccc1. The van der Waals surface area contributed by atoms with E-state index in [1.807, 2.05) is 25.0 Å². The summed E-state index contributed by atoms with van der Waals surface area (Å²) in [7, 11) is 0. The molecule has 2 N–H and O–H groups in total. The number of hydrogen-bond acceptors (Lipinski definition) is 3. The van der Waals surface area contributed by atoms with Crippen molar-refractivity contribution in [3.05, 3.63) is 60.2 Å². The molecule has 0 aliphatic rings. The molecule has 0 amide bonds. The Kier molecular flexibility index (Phi) is 8.54. The lowest BCUT2D eigenvalue weighted by atomic mass is 9.82. The van der Waals surface area contributed by atoms with E-state index >= 15 is 0 Å². The molecular formula is C18H24O3. The average molecular weight is 288 g/mol. The molecule has 0 saturated carbocycles. The first-order valence-electron chi connectivity index (χ1n) is 6.78. The van der Waals surface area contributed by atoms with E-state index in [-0.39, 0.29) is 5.41 Å². The van der Waals surface area contributed by atoms with E-state index in [0.29, 0.717) is 11.5 Å². The number of hydrogen-bond donors (Lipinski definition) is 2. The van der Waals surface area contributed by atoms with Crippen molar-refractivity contribution in [2.45, 2.75) is 32.6 Å². The van der Waals surface area contributed by atoms with Crippen molar-refractivity contribution >= 4 is 6.79 Å². The van der Waals surface area contributed by atoms with Gasteiger partial charge in [0.25, 0.3) is 0 Å². The number of phenols is 2. The fourth-order valence-electron chi connectivity index (χ4n) is 1.54. The van der Waals surface area contributed by atoms with Crippen molar-refractivity contribution in [1.29, 1.82) is 0 Å². The molecule has 114 valence electrons. The van der Waals surface area contributed by atoms with Crippen molar-refractivity contribution in [3.8, 4) is 11.5 Å². The van der Waals surface area contributed by atoms with Crippen molar-refractivity contribution in [3.63, 3.8) is 0 Å². The van der Waals surface area contributed by atoms with Gasteiger partial charge in [-0.2, -0.15) is 0 Å². The fraction of sp³-hybridized carbons (Fsp3) is 0.278. The van der Waals surface area contributed by atoms with Gasteiger partial charge in [-0.05, 0) is 41.7 Å². The van der Waals surface area contributed by atoms with Crippen LogP contribution in [0.2, 0.25) is 0 Å². The lowest BCUT2D eigenvalue weighted by molar-refractivity contribution is -0.0979. The molecule has 3 nitrogen and oxygen atoms in total. The highest BCUT2D eigenvalue weighted by atomic mass is 16.3. The lowest BCUT2D eigenvalue weighted by Crippen LogP contribution is -2.14. The molecule has 2 aromatic carbocycles. The summed E-state index contributed by atoms with van der Waals surface area (Å²) in [5.74, 6) is 0.660. The van der Waals surface area contributed by atoms with Gasteiger partial charge in [0, 0.05) is 0 Å². The molecule has 0 aliphatic carbocycles. The standard InChI is InChI=1S/C11H16O.C6H6O.CH2O/c1-4-11(2,3)9-5-7-10(12)8-6-9;7-6-4-2-1-3-5-6;1-2/h5-8,12H,4H2,1-3H3;1-5,7H;1H2. The van der Waals surface area contributed by atoms with E-state index in [2.05, 4.69) is 20.8 Å². The van der Waals surface area contributed by atoms with Crippen LogP contribution >= 0.6 is 0 Å². The van der Waals surface area contributed by atoms with E-state index < -0.39 is 0 Å². The summed E-state index contributed by atoms with van der Waals surface area (Å²) in [6.07, 6.45) is 1.11. The highest BCUT2D eigenvalue weighted by molar-refractivity contribution is 5.30. The molecule has 0 aromatic heterocycles. The second kappa shape index (κ2) is 9.59. The summed E-state index contributed by atoms with van der Waals surface area (Å²) >= 11 is 0. The van der Waals surface area contributed by atoms with Crippen LogP contribution in [-0.2, 0) is 10.2 Å². The number of rotatable bonds is 2. The number of carbonyl (C=O) groups is 1. The number of carbonyl (C=O) groups excluding carboxylic acids is 1. The summed E-state index contributed by atoms with van der Waals surface area (Å²) < 4.78 is 0. The second-order valence-corrected chi connectivity index (χ2v) is 5.12. The number of phenolic OH excluding ortho intramolecular Hbond substituents is 2. The van der Waals surface area contributed by atoms with Crippen LogP contribution in [-0.4, -0.2) is 17.0 Å². The van der Waals surface area contributed by atoms with Gasteiger partial charge >= 0.3 is 0 Å². The van der Waals surface area contributed by atoms with Crippen LogP contribution in [0.25, 0.3) is 0 Å². The highest BCUT2D eigenvalue weighted by Gasteiger charge is 2.17. The molecule has 3 heteroatoms. The van der Waals surface area contributed by atoms with E-state index in [0.717, 1.165) is 6.42 Å². The summed E-state index contributed by atoms with van der Waals surface area (Å²) in [5, 5.41) is 17.7. The van der Waals surface area contributed by atoms with Gasteiger partial charge in [0.05, 0.1) is 0 Å². The average Bonchev–Trinajstić information content (AvgIpc) is 2.51. The van der Waals surface area contributed by atoms with Gasteiger partial charge in [0.2, 0.25) is 0 Å². The van der Waals surface area contributed by atoms with Crippen LogP contribution in [0.3, 0.4) is 0 Å². The molecule has 0 saturated heterocycles. The topological polar surface area (TPSA) is 57.5 Å². The minimum atomic E-state index is 0.216. The summed E-state index contributed by atoms with van der Waals surface area (Å²) in [5.41, 5.74) is 1.50. The fourth-order valence-corrected chi connectivity index (χ4v) is 1.54. The Balaban J connectivity index is 0.000000377. The quantitative estimate of drug-likeness (QED) is 0.866. The molecule has 0 unspecified atom stereocenters. The molecule has 0 fully saturated rings. The predicted molar refractivity (Wildman–Crippen MR) is 86.7 cm³/mol. The van der Waals surface area contributed by atoms with Crippen molar-refractivity contribution in [2.75, 3.05) is 0 Å². The number of aromatic hydroxyl groups is 2. The van der Waals surface area contributed by atoms with Crippen LogP contribution < -0.4 is 0 Å². The van der Waals surface area contributed by atoms with Crippen molar-refractivity contribution < 1.29 is 15.0 Å². The van der Waals surface area contributed by atoms with Crippen molar-refractivity contribution in [1.82, 2.24) is 0 Å². The lowest BCUT2D eigenvalue weighted by Gasteiger charge is -2.22.